The normalized spacial score (nSPS) is 12.7. The molecular weight excluding hydrogens is 384 g/mol. The average molecular weight is 401 g/mol. The number of halogens is 1. The van der Waals surface area contributed by atoms with Crippen LogP contribution in [0.1, 0.15) is 26.3 Å². The lowest BCUT2D eigenvalue weighted by molar-refractivity contribution is -0.151. The molecule has 0 atom stereocenters. The van der Waals surface area contributed by atoms with Crippen LogP contribution in [0.5, 0.6) is 0 Å². The fourth-order valence-corrected chi connectivity index (χ4v) is 2.89. The van der Waals surface area contributed by atoms with Crippen molar-refractivity contribution in [1.29, 1.82) is 0 Å². The number of amides is 3. The van der Waals surface area contributed by atoms with E-state index in [0.29, 0.717) is 11.6 Å². The molecule has 0 saturated heterocycles. The van der Waals surface area contributed by atoms with Crippen molar-refractivity contribution in [3.63, 3.8) is 0 Å². The Hall–Kier alpha value is -3.19. The lowest BCUT2D eigenvalue weighted by Crippen LogP contribution is -2.37. The first kappa shape index (κ1) is 19.6. The molecule has 7 nitrogen and oxygen atoms in total. The molecule has 0 saturated carbocycles. The largest absolute Gasteiger partial charge is 0.454 e. The van der Waals surface area contributed by atoms with Crippen molar-refractivity contribution >= 4 is 35.3 Å². The monoisotopic (exact) mass is 400 g/mol. The second-order valence-electron chi connectivity index (χ2n) is 6.28. The molecule has 8 heteroatoms. The first-order valence-corrected chi connectivity index (χ1v) is 8.84. The summed E-state index contributed by atoms with van der Waals surface area (Å²) in [7, 11) is 1.58. The lowest BCUT2D eigenvalue weighted by Gasteiger charge is -2.18. The van der Waals surface area contributed by atoms with Crippen LogP contribution in [0.15, 0.2) is 48.5 Å². The third-order valence-corrected chi connectivity index (χ3v) is 4.53. The van der Waals surface area contributed by atoms with Gasteiger partial charge in [0.2, 0.25) is 0 Å². The van der Waals surface area contributed by atoms with Crippen molar-refractivity contribution in [1.82, 2.24) is 9.80 Å². The fraction of sp³-hybridized carbons (Fsp3) is 0.200. The van der Waals surface area contributed by atoms with Gasteiger partial charge in [0.1, 0.15) is 6.54 Å². The third kappa shape index (κ3) is 4.20. The van der Waals surface area contributed by atoms with Crippen molar-refractivity contribution in [3.8, 4) is 0 Å². The number of rotatable bonds is 6. The van der Waals surface area contributed by atoms with Gasteiger partial charge >= 0.3 is 5.97 Å². The van der Waals surface area contributed by atoms with E-state index in [2.05, 4.69) is 0 Å². The van der Waals surface area contributed by atoms with E-state index in [1.165, 1.54) is 17.0 Å². The highest BCUT2D eigenvalue weighted by Gasteiger charge is 2.36. The topological polar surface area (TPSA) is 84.0 Å². The van der Waals surface area contributed by atoms with E-state index in [1.54, 1.807) is 43.4 Å². The molecule has 0 radical (unpaired) electrons. The van der Waals surface area contributed by atoms with Crippen LogP contribution in [0.2, 0.25) is 5.02 Å². The number of carbonyl (C=O) groups is 4. The molecule has 1 heterocycles. The van der Waals surface area contributed by atoms with Crippen molar-refractivity contribution in [2.75, 3.05) is 20.2 Å². The first-order valence-electron chi connectivity index (χ1n) is 8.46. The SMILES string of the molecule is CN(Cc1ccc(Cl)cc1)C(=O)COC(=O)CN1C(=O)c2ccccc2C1=O. The minimum Gasteiger partial charge on any atom is -0.454 e. The summed E-state index contributed by atoms with van der Waals surface area (Å²) in [5, 5.41) is 0.597. The quantitative estimate of drug-likeness (QED) is 0.548. The number of hydrogen-bond acceptors (Lipinski definition) is 5. The predicted molar refractivity (Wildman–Crippen MR) is 101 cm³/mol. The van der Waals surface area contributed by atoms with Crippen molar-refractivity contribution in [2.45, 2.75) is 6.54 Å². The minimum absolute atomic E-state index is 0.249. The minimum atomic E-state index is -0.831. The molecule has 3 amide bonds. The Morgan fingerprint density at radius 3 is 2.14 bits per heavy atom. The molecule has 2 aromatic carbocycles. The van der Waals surface area contributed by atoms with Crippen molar-refractivity contribution in [3.05, 3.63) is 70.2 Å². The maximum atomic E-state index is 12.2. The van der Waals surface area contributed by atoms with Crippen LogP contribution < -0.4 is 0 Å². The van der Waals surface area contributed by atoms with Crippen LogP contribution >= 0.6 is 11.6 Å². The summed E-state index contributed by atoms with van der Waals surface area (Å²) < 4.78 is 4.94. The molecule has 0 aromatic heterocycles. The number of carbonyl (C=O) groups excluding carboxylic acids is 4. The van der Waals surface area contributed by atoms with Gasteiger partial charge in [-0.15, -0.1) is 0 Å². The van der Waals surface area contributed by atoms with Crippen LogP contribution in [-0.2, 0) is 20.9 Å². The van der Waals surface area contributed by atoms with E-state index in [9.17, 15) is 19.2 Å². The van der Waals surface area contributed by atoms with Gasteiger partial charge in [0, 0.05) is 18.6 Å². The van der Waals surface area contributed by atoms with Gasteiger partial charge in [0.05, 0.1) is 11.1 Å². The first-order chi connectivity index (χ1) is 13.4. The van der Waals surface area contributed by atoms with E-state index in [1.807, 2.05) is 0 Å². The van der Waals surface area contributed by atoms with Gasteiger partial charge in [-0.3, -0.25) is 24.1 Å². The molecule has 0 bridgehead atoms. The highest BCUT2D eigenvalue weighted by molar-refractivity contribution is 6.30. The number of esters is 1. The summed E-state index contributed by atoms with van der Waals surface area (Å²) in [5.74, 6) is -2.35. The molecule has 28 heavy (non-hydrogen) atoms. The maximum Gasteiger partial charge on any atom is 0.326 e. The maximum absolute atomic E-state index is 12.2. The summed E-state index contributed by atoms with van der Waals surface area (Å²) in [6, 6.07) is 13.4. The molecule has 0 unspecified atom stereocenters. The van der Waals surface area contributed by atoms with Crippen LogP contribution in [0.3, 0.4) is 0 Å². The molecule has 0 aliphatic carbocycles. The van der Waals surface area contributed by atoms with Gasteiger partial charge in [-0.25, -0.2) is 0 Å². The highest BCUT2D eigenvalue weighted by atomic mass is 35.5. The Morgan fingerprint density at radius 2 is 1.57 bits per heavy atom. The van der Waals surface area contributed by atoms with Gasteiger partial charge in [-0.05, 0) is 29.8 Å². The molecule has 144 valence electrons. The summed E-state index contributed by atoms with van der Waals surface area (Å²) in [6.07, 6.45) is 0. The Balaban J connectivity index is 1.50. The Labute approximate surface area is 166 Å². The molecule has 1 aliphatic heterocycles. The van der Waals surface area contributed by atoms with Crippen LogP contribution in [0.25, 0.3) is 0 Å². The molecule has 0 fully saturated rings. The number of likely N-dealkylation sites (N-methyl/N-ethyl adjacent to an activating group) is 1. The Morgan fingerprint density at radius 1 is 1.00 bits per heavy atom. The Bertz CT molecular complexity index is 907. The van der Waals surface area contributed by atoms with E-state index in [4.69, 9.17) is 16.3 Å². The molecule has 0 spiro atoms. The molecule has 2 aromatic rings. The van der Waals surface area contributed by atoms with Gasteiger partial charge in [0.15, 0.2) is 6.61 Å². The fourth-order valence-electron chi connectivity index (χ4n) is 2.76. The molecule has 3 rings (SSSR count). The van der Waals surface area contributed by atoms with Crippen LogP contribution in [-0.4, -0.2) is 53.7 Å². The van der Waals surface area contributed by atoms with E-state index in [-0.39, 0.29) is 11.1 Å². The van der Waals surface area contributed by atoms with Gasteiger partial charge < -0.3 is 9.64 Å². The van der Waals surface area contributed by atoms with Gasteiger partial charge in [0.25, 0.3) is 17.7 Å². The predicted octanol–water partition coefficient (Wildman–Crippen LogP) is 2.14. The second kappa shape index (κ2) is 8.22. The molecule has 0 N–H and O–H groups in total. The van der Waals surface area contributed by atoms with Crippen LogP contribution in [0.4, 0.5) is 0 Å². The second-order valence-corrected chi connectivity index (χ2v) is 6.72. The van der Waals surface area contributed by atoms with Crippen LogP contribution in [0, 0.1) is 0 Å². The number of fused-ring (bicyclic) bond motifs is 1. The smallest absolute Gasteiger partial charge is 0.326 e. The lowest BCUT2D eigenvalue weighted by atomic mass is 10.1. The summed E-state index contributed by atoms with van der Waals surface area (Å²) in [5.41, 5.74) is 1.37. The van der Waals surface area contributed by atoms with Crippen molar-refractivity contribution in [2.24, 2.45) is 0 Å². The average Bonchev–Trinajstić information content (AvgIpc) is 2.93. The van der Waals surface area contributed by atoms with E-state index >= 15 is 0 Å². The molecular formula is C20H17ClN2O5. The highest BCUT2D eigenvalue weighted by Crippen LogP contribution is 2.22. The Kier molecular flexibility index (Phi) is 5.75. The number of ether oxygens (including phenoxy) is 1. The van der Waals surface area contributed by atoms with Crippen molar-refractivity contribution < 1.29 is 23.9 Å². The number of nitrogens with zero attached hydrogens (tertiary/aromatic N) is 2. The number of benzene rings is 2. The zero-order valence-electron chi connectivity index (χ0n) is 15.1. The molecule has 1 aliphatic rings. The summed E-state index contributed by atoms with van der Waals surface area (Å²) >= 11 is 5.83. The number of hydrogen-bond donors (Lipinski definition) is 0. The van der Waals surface area contributed by atoms with Gasteiger partial charge in [-0.2, -0.15) is 0 Å². The summed E-state index contributed by atoms with van der Waals surface area (Å²) in [4.78, 5) is 50.8. The third-order valence-electron chi connectivity index (χ3n) is 4.28. The zero-order chi connectivity index (χ0) is 20.3. The van der Waals surface area contributed by atoms with E-state index < -0.39 is 36.8 Å². The van der Waals surface area contributed by atoms with Gasteiger partial charge in [-0.1, -0.05) is 35.9 Å². The van der Waals surface area contributed by atoms with E-state index in [0.717, 1.165) is 10.5 Å². The zero-order valence-corrected chi connectivity index (χ0v) is 15.8. The number of imide groups is 1. The standard InChI is InChI=1S/C20H17ClN2O5/c1-22(10-13-6-8-14(21)9-7-13)17(24)12-28-18(25)11-23-19(26)15-4-2-3-5-16(15)20(23)27/h2-9H,10-12H2,1H3. The summed E-state index contributed by atoms with van der Waals surface area (Å²) in [6.45, 7) is -0.696.